The Bertz CT molecular complexity index is 573. The fourth-order valence-corrected chi connectivity index (χ4v) is 2.65. The lowest BCUT2D eigenvalue weighted by atomic mass is 10.2. The highest BCUT2D eigenvalue weighted by Crippen LogP contribution is 2.13. The maximum Gasteiger partial charge on any atom is 0.251 e. The number of morpholine rings is 1. The van der Waals surface area contributed by atoms with Gasteiger partial charge in [-0.15, -0.1) is 0 Å². The first kappa shape index (κ1) is 19.2. The number of unbranched alkanes of at least 4 members (excludes halogenated alkanes) is 1. The number of nitrogens with one attached hydrogen (secondary N) is 1. The summed E-state index contributed by atoms with van der Waals surface area (Å²) in [5.41, 5.74) is 0.513. The monoisotopic (exact) mass is 348 g/mol. The molecular weight excluding hydrogens is 320 g/mol. The number of amides is 2. The first-order valence-corrected chi connectivity index (χ1v) is 8.93. The van der Waals surface area contributed by atoms with Crippen LogP contribution in [0.2, 0.25) is 0 Å². The van der Waals surface area contributed by atoms with E-state index in [1.807, 2.05) is 13.8 Å². The van der Waals surface area contributed by atoms with Crippen molar-refractivity contribution in [2.24, 2.45) is 0 Å². The van der Waals surface area contributed by atoms with Crippen LogP contribution in [0.3, 0.4) is 0 Å². The van der Waals surface area contributed by atoms with E-state index in [1.54, 1.807) is 29.2 Å². The average molecular weight is 348 g/mol. The van der Waals surface area contributed by atoms with Gasteiger partial charge in [0.15, 0.2) is 0 Å². The maximum absolute atomic E-state index is 12.3. The number of benzene rings is 1. The normalized spacial score (nSPS) is 20.2. The summed E-state index contributed by atoms with van der Waals surface area (Å²) < 4.78 is 11.1. The van der Waals surface area contributed by atoms with Crippen LogP contribution in [0.25, 0.3) is 0 Å². The lowest BCUT2D eigenvalue weighted by molar-refractivity contribution is -0.142. The molecule has 6 nitrogen and oxygen atoms in total. The minimum absolute atomic E-state index is 0.00928. The van der Waals surface area contributed by atoms with Crippen LogP contribution in [-0.2, 0) is 9.53 Å². The lowest BCUT2D eigenvalue weighted by Crippen LogP contribution is -2.52. The molecule has 0 aliphatic carbocycles. The van der Waals surface area contributed by atoms with Gasteiger partial charge in [-0.3, -0.25) is 9.59 Å². The molecule has 1 aliphatic heterocycles. The van der Waals surface area contributed by atoms with Crippen molar-refractivity contribution >= 4 is 11.8 Å². The predicted octanol–water partition coefficient (Wildman–Crippen LogP) is 2.23. The van der Waals surface area contributed by atoms with Crippen LogP contribution in [0.1, 0.15) is 44.0 Å². The first-order chi connectivity index (χ1) is 12.0. The van der Waals surface area contributed by atoms with E-state index in [1.165, 1.54) is 0 Å². The van der Waals surface area contributed by atoms with Crippen molar-refractivity contribution in [3.05, 3.63) is 29.8 Å². The molecule has 1 saturated heterocycles. The van der Waals surface area contributed by atoms with Crippen molar-refractivity contribution in [2.45, 2.75) is 45.8 Å². The Hall–Kier alpha value is -2.08. The summed E-state index contributed by atoms with van der Waals surface area (Å²) >= 11 is 0. The first-order valence-electron chi connectivity index (χ1n) is 8.93. The van der Waals surface area contributed by atoms with E-state index in [0.717, 1.165) is 18.6 Å². The van der Waals surface area contributed by atoms with Crippen molar-refractivity contribution < 1.29 is 19.1 Å². The van der Waals surface area contributed by atoms with E-state index in [9.17, 15) is 9.59 Å². The summed E-state index contributed by atoms with van der Waals surface area (Å²) in [6, 6.07) is 7.00. The number of nitrogens with zero attached hydrogens (tertiary/aromatic N) is 1. The SMILES string of the molecule is CCCCOc1ccc(C(=O)NCC(=O)N2CC(C)OCC2C)cc1. The number of ether oxygens (including phenoxy) is 2. The van der Waals surface area contributed by atoms with Crippen LogP contribution in [0.5, 0.6) is 5.75 Å². The zero-order valence-corrected chi connectivity index (χ0v) is 15.3. The van der Waals surface area contributed by atoms with Gasteiger partial charge in [0.2, 0.25) is 5.91 Å². The molecule has 1 aromatic rings. The standard InChI is InChI=1S/C19H28N2O4/c1-4-5-10-24-17-8-6-16(7-9-17)19(23)20-11-18(22)21-12-15(3)25-13-14(21)2/h6-9,14-15H,4-5,10-13H2,1-3H3,(H,20,23). The van der Waals surface area contributed by atoms with Gasteiger partial charge in [0, 0.05) is 12.1 Å². The van der Waals surface area contributed by atoms with Crippen molar-refractivity contribution in [3.8, 4) is 5.75 Å². The third-order valence-electron chi connectivity index (χ3n) is 4.21. The van der Waals surface area contributed by atoms with Gasteiger partial charge in [0.25, 0.3) is 5.91 Å². The maximum atomic E-state index is 12.3. The summed E-state index contributed by atoms with van der Waals surface area (Å²) in [5.74, 6) is 0.398. The van der Waals surface area contributed by atoms with Crippen LogP contribution in [0.4, 0.5) is 0 Å². The third-order valence-corrected chi connectivity index (χ3v) is 4.21. The second-order valence-corrected chi connectivity index (χ2v) is 6.45. The molecule has 1 aromatic carbocycles. The Morgan fingerprint density at radius 2 is 2.00 bits per heavy atom. The Morgan fingerprint density at radius 1 is 1.28 bits per heavy atom. The van der Waals surface area contributed by atoms with Gasteiger partial charge < -0.3 is 19.7 Å². The van der Waals surface area contributed by atoms with Gasteiger partial charge in [-0.25, -0.2) is 0 Å². The molecule has 1 heterocycles. The van der Waals surface area contributed by atoms with E-state index >= 15 is 0 Å². The minimum atomic E-state index is -0.262. The van der Waals surface area contributed by atoms with Gasteiger partial charge >= 0.3 is 0 Å². The van der Waals surface area contributed by atoms with E-state index in [-0.39, 0.29) is 30.5 Å². The molecule has 2 atom stereocenters. The Labute approximate surface area is 149 Å². The van der Waals surface area contributed by atoms with Crippen molar-refractivity contribution in [1.82, 2.24) is 10.2 Å². The van der Waals surface area contributed by atoms with Gasteiger partial charge in [-0.2, -0.15) is 0 Å². The van der Waals surface area contributed by atoms with E-state index in [4.69, 9.17) is 9.47 Å². The fraction of sp³-hybridized carbons (Fsp3) is 0.579. The molecule has 1 aliphatic rings. The molecule has 0 radical (unpaired) electrons. The van der Waals surface area contributed by atoms with Crippen molar-refractivity contribution in [3.63, 3.8) is 0 Å². The summed E-state index contributed by atoms with van der Waals surface area (Å²) in [6.07, 6.45) is 2.11. The largest absolute Gasteiger partial charge is 0.494 e. The third kappa shape index (κ3) is 5.74. The van der Waals surface area contributed by atoms with E-state index in [2.05, 4.69) is 12.2 Å². The number of hydrogen-bond acceptors (Lipinski definition) is 4. The molecule has 0 spiro atoms. The minimum Gasteiger partial charge on any atom is -0.494 e. The van der Waals surface area contributed by atoms with Crippen molar-refractivity contribution in [2.75, 3.05) is 26.3 Å². The summed E-state index contributed by atoms with van der Waals surface area (Å²) in [4.78, 5) is 26.3. The van der Waals surface area contributed by atoms with Gasteiger partial charge in [-0.1, -0.05) is 13.3 Å². The fourth-order valence-electron chi connectivity index (χ4n) is 2.65. The zero-order valence-electron chi connectivity index (χ0n) is 15.3. The highest BCUT2D eigenvalue weighted by atomic mass is 16.5. The number of carbonyl (C=O) groups excluding carboxylic acids is 2. The molecule has 25 heavy (non-hydrogen) atoms. The second-order valence-electron chi connectivity index (χ2n) is 6.45. The molecule has 138 valence electrons. The lowest BCUT2D eigenvalue weighted by Gasteiger charge is -2.36. The zero-order chi connectivity index (χ0) is 18.2. The number of hydrogen-bond donors (Lipinski definition) is 1. The Morgan fingerprint density at radius 3 is 2.68 bits per heavy atom. The van der Waals surface area contributed by atoms with Crippen molar-refractivity contribution in [1.29, 1.82) is 0 Å². The molecule has 2 amide bonds. The second kappa shape index (κ2) is 9.42. The molecule has 0 aromatic heterocycles. The summed E-state index contributed by atoms with van der Waals surface area (Å²) in [5, 5.41) is 2.69. The van der Waals surface area contributed by atoms with Crippen LogP contribution in [0.15, 0.2) is 24.3 Å². The molecule has 2 unspecified atom stereocenters. The number of rotatable bonds is 7. The van der Waals surface area contributed by atoms with E-state index in [0.29, 0.717) is 25.3 Å². The van der Waals surface area contributed by atoms with Gasteiger partial charge in [-0.05, 0) is 44.5 Å². The number of carbonyl (C=O) groups is 2. The van der Waals surface area contributed by atoms with Gasteiger partial charge in [0.1, 0.15) is 5.75 Å². The Kier molecular flexibility index (Phi) is 7.25. The average Bonchev–Trinajstić information content (AvgIpc) is 2.62. The molecule has 0 bridgehead atoms. The van der Waals surface area contributed by atoms with E-state index < -0.39 is 0 Å². The van der Waals surface area contributed by atoms with Crippen LogP contribution in [-0.4, -0.2) is 55.2 Å². The summed E-state index contributed by atoms with van der Waals surface area (Å²) in [7, 11) is 0. The van der Waals surface area contributed by atoms with Crippen LogP contribution >= 0.6 is 0 Å². The topological polar surface area (TPSA) is 67.9 Å². The smallest absolute Gasteiger partial charge is 0.251 e. The van der Waals surface area contributed by atoms with Crippen LogP contribution in [0, 0.1) is 0 Å². The Balaban J connectivity index is 1.82. The highest BCUT2D eigenvalue weighted by Gasteiger charge is 2.27. The molecular formula is C19H28N2O4. The molecule has 2 rings (SSSR count). The molecule has 1 N–H and O–H groups in total. The molecule has 1 fully saturated rings. The highest BCUT2D eigenvalue weighted by molar-refractivity contribution is 5.96. The summed E-state index contributed by atoms with van der Waals surface area (Å²) in [6.45, 7) is 7.74. The van der Waals surface area contributed by atoms with Gasteiger partial charge in [0.05, 0.1) is 31.9 Å². The quantitative estimate of drug-likeness (QED) is 0.767. The molecule has 0 saturated carbocycles. The molecule has 6 heteroatoms. The predicted molar refractivity (Wildman–Crippen MR) is 95.8 cm³/mol. The van der Waals surface area contributed by atoms with Crippen LogP contribution < -0.4 is 10.1 Å².